The number of benzene rings is 1. The molecule has 1 fully saturated rings. The zero-order valence-electron chi connectivity index (χ0n) is 14.2. The summed E-state index contributed by atoms with van der Waals surface area (Å²) in [7, 11) is -3.72. The second kappa shape index (κ2) is 6.46. The fourth-order valence-corrected chi connectivity index (χ4v) is 5.91. The van der Waals surface area contributed by atoms with Crippen molar-refractivity contribution in [2.45, 2.75) is 39.3 Å². The molecule has 2 N–H and O–H groups in total. The molecule has 3 atom stereocenters. The standard InChI is InChI=1S/C17H25N3O3S/c1-12-7-13(2)10-19(9-12)24(22,23)20-11-15-6-4-3-5-14(15)8-16(20)17(18)21/h3-6,12-13,16H,7-11H2,1-2H3,(H2,18,21)/t12-,13+,16-/m0/s1. The molecule has 1 aromatic carbocycles. The van der Waals surface area contributed by atoms with Crippen LogP contribution in [-0.2, 0) is 28.0 Å². The summed E-state index contributed by atoms with van der Waals surface area (Å²) in [5, 5.41) is 0. The van der Waals surface area contributed by atoms with Gasteiger partial charge in [0.15, 0.2) is 0 Å². The number of nitrogens with zero attached hydrogens (tertiary/aromatic N) is 2. The first-order valence-corrected chi connectivity index (χ1v) is 9.81. The summed E-state index contributed by atoms with van der Waals surface area (Å²) in [5.74, 6) is 0.0337. The molecule has 0 radical (unpaired) electrons. The number of hydrogen-bond donors (Lipinski definition) is 1. The van der Waals surface area contributed by atoms with Gasteiger partial charge < -0.3 is 5.73 Å². The minimum absolute atomic E-state index is 0.200. The Labute approximate surface area is 143 Å². The zero-order valence-corrected chi connectivity index (χ0v) is 15.0. The van der Waals surface area contributed by atoms with E-state index in [1.54, 1.807) is 0 Å². The molecular formula is C17H25N3O3S. The van der Waals surface area contributed by atoms with Crippen LogP contribution in [0.3, 0.4) is 0 Å². The highest BCUT2D eigenvalue weighted by atomic mass is 32.2. The van der Waals surface area contributed by atoms with Crippen LogP contribution in [0.4, 0.5) is 0 Å². The Hall–Kier alpha value is -1.44. The number of rotatable bonds is 3. The number of amides is 1. The summed E-state index contributed by atoms with van der Waals surface area (Å²) in [4.78, 5) is 11.9. The van der Waals surface area contributed by atoms with Gasteiger partial charge in [-0.15, -0.1) is 0 Å². The molecule has 0 aliphatic carbocycles. The zero-order chi connectivity index (χ0) is 17.5. The van der Waals surface area contributed by atoms with E-state index in [0.717, 1.165) is 17.5 Å². The van der Waals surface area contributed by atoms with Gasteiger partial charge >= 0.3 is 0 Å². The van der Waals surface area contributed by atoms with Crippen molar-refractivity contribution < 1.29 is 13.2 Å². The van der Waals surface area contributed by atoms with E-state index in [1.807, 2.05) is 24.3 Å². The topological polar surface area (TPSA) is 83.7 Å². The van der Waals surface area contributed by atoms with Gasteiger partial charge in [0.1, 0.15) is 6.04 Å². The lowest BCUT2D eigenvalue weighted by Crippen LogP contribution is -2.57. The van der Waals surface area contributed by atoms with Gasteiger partial charge in [0, 0.05) is 19.6 Å². The van der Waals surface area contributed by atoms with Gasteiger partial charge in [-0.05, 0) is 35.8 Å². The van der Waals surface area contributed by atoms with Crippen LogP contribution in [0.15, 0.2) is 24.3 Å². The minimum Gasteiger partial charge on any atom is -0.368 e. The van der Waals surface area contributed by atoms with Crippen LogP contribution in [0.5, 0.6) is 0 Å². The van der Waals surface area contributed by atoms with Gasteiger partial charge in [-0.2, -0.15) is 17.0 Å². The molecule has 0 spiro atoms. The maximum atomic E-state index is 13.2. The average Bonchev–Trinajstić information content (AvgIpc) is 2.52. The predicted octanol–water partition coefficient (Wildman–Crippen LogP) is 1.12. The number of carbonyl (C=O) groups is 1. The van der Waals surface area contributed by atoms with E-state index in [2.05, 4.69) is 13.8 Å². The molecule has 3 rings (SSSR count). The largest absolute Gasteiger partial charge is 0.368 e. The van der Waals surface area contributed by atoms with Crippen LogP contribution in [0.1, 0.15) is 31.4 Å². The number of primary amides is 1. The highest BCUT2D eigenvalue weighted by molar-refractivity contribution is 7.86. The summed E-state index contributed by atoms with van der Waals surface area (Å²) < 4.78 is 29.2. The maximum absolute atomic E-state index is 13.2. The maximum Gasteiger partial charge on any atom is 0.283 e. The molecule has 24 heavy (non-hydrogen) atoms. The van der Waals surface area contributed by atoms with Crippen molar-refractivity contribution in [3.8, 4) is 0 Å². The summed E-state index contributed by atoms with van der Waals surface area (Å²) >= 11 is 0. The van der Waals surface area contributed by atoms with Crippen molar-refractivity contribution in [2.75, 3.05) is 13.1 Å². The lowest BCUT2D eigenvalue weighted by atomic mass is 9.94. The molecule has 2 aliphatic rings. The molecule has 2 aliphatic heterocycles. The lowest BCUT2D eigenvalue weighted by molar-refractivity contribution is -0.122. The Morgan fingerprint density at radius 1 is 1.12 bits per heavy atom. The number of piperidine rings is 1. The Balaban J connectivity index is 1.94. The fourth-order valence-electron chi connectivity index (χ4n) is 3.93. The van der Waals surface area contributed by atoms with E-state index < -0.39 is 22.2 Å². The molecular weight excluding hydrogens is 326 g/mol. The van der Waals surface area contributed by atoms with E-state index >= 15 is 0 Å². The van der Waals surface area contributed by atoms with Gasteiger partial charge in [-0.1, -0.05) is 38.1 Å². The SMILES string of the molecule is C[C@@H]1C[C@H](C)CN(S(=O)(=O)N2Cc3ccccc3C[C@H]2C(N)=O)C1. The lowest BCUT2D eigenvalue weighted by Gasteiger charge is -2.41. The van der Waals surface area contributed by atoms with Gasteiger partial charge in [-0.3, -0.25) is 4.79 Å². The van der Waals surface area contributed by atoms with Gasteiger partial charge in [0.05, 0.1) is 0 Å². The second-order valence-electron chi connectivity index (χ2n) is 7.21. The number of fused-ring (bicyclic) bond motifs is 1. The van der Waals surface area contributed by atoms with E-state index in [4.69, 9.17) is 5.73 Å². The monoisotopic (exact) mass is 351 g/mol. The molecule has 1 saturated heterocycles. The third kappa shape index (κ3) is 3.20. The molecule has 2 heterocycles. The van der Waals surface area contributed by atoms with Gasteiger partial charge in [0.25, 0.3) is 10.2 Å². The summed E-state index contributed by atoms with van der Waals surface area (Å²) in [6.07, 6.45) is 1.36. The predicted molar refractivity (Wildman–Crippen MR) is 92.1 cm³/mol. The average molecular weight is 351 g/mol. The number of carbonyl (C=O) groups excluding carboxylic acids is 1. The van der Waals surface area contributed by atoms with Crippen LogP contribution in [-0.4, -0.2) is 42.1 Å². The van der Waals surface area contributed by atoms with Crippen molar-refractivity contribution >= 4 is 16.1 Å². The highest BCUT2D eigenvalue weighted by Crippen LogP contribution is 2.30. The van der Waals surface area contributed by atoms with Crippen molar-refractivity contribution in [3.05, 3.63) is 35.4 Å². The molecule has 1 aromatic rings. The molecule has 132 valence electrons. The Kier molecular flexibility index (Phi) is 4.68. The molecule has 0 saturated carbocycles. The molecule has 0 unspecified atom stereocenters. The van der Waals surface area contributed by atoms with Crippen LogP contribution >= 0.6 is 0 Å². The molecule has 7 heteroatoms. The van der Waals surface area contributed by atoms with E-state index in [0.29, 0.717) is 31.3 Å². The van der Waals surface area contributed by atoms with Crippen molar-refractivity contribution in [1.82, 2.24) is 8.61 Å². The Bertz CT molecular complexity index is 724. The third-order valence-electron chi connectivity index (χ3n) is 4.99. The smallest absolute Gasteiger partial charge is 0.283 e. The Morgan fingerprint density at radius 2 is 1.71 bits per heavy atom. The highest BCUT2D eigenvalue weighted by Gasteiger charge is 2.42. The van der Waals surface area contributed by atoms with Gasteiger partial charge in [0.2, 0.25) is 5.91 Å². The van der Waals surface area contributed by atoms with Crippen molar-refractivity contribution in [2.24, 2.45) is 17.6 Å². The first-order valence-electron chi connectivity index (χ1n) is 8.42. The van der Waals surface area contributed by atoms with Gasteiger partial charge in [-0.25, -0.2) is 0 Å². The summed E-state index contributed by atoms with van der Waals surface area (Å²) in [6, 6.07) is 6.81. The van der Waals surface area contributed by atoms with Crippen LogP contribution < -0.4 is 5.73 Å². The molecule has 6 nitrogen and oxygen atoms in total. The summed E-state index contributed by atoms with van der Waals surface area (Å²) in [6.45, 7) is 5.32. The molecule has 0 bridgehead atoms. The summed E-state index contributed by atoms with van der Waals surface area (Å²) in [5.41, 5.74) is 7.47. The van der Waals surface area contributed by atoms with E-state index in [9.17, 15) is 13.2 Å². The fraction of sp³-hybridized carbons (Fsp3) is 0.588. The van der Waals surface area contributed by atoms with Crippen LogP contribution in [0, 0.1) is 11.8 Å². The number of hydrogen-bond acceptors (Lipinski definition) is 3. The third-order valence-corrected chi connectivity index (χ3v) is 6.92. The van der Waals surface area contributed by atoms with Crippen LogP contribution in [0.25, 0.3) is 0 Å². The Morgan fingerprint density at radius 3 is 2.29 bits per heavy atom. The first-order chi connectivity index (χ1) is 11.3. The number of nitrogens with two attached hydrogens (primary N) is 1. The van der Waals surface area contributed by atoms with E-state index in [1.165, 1.54) is 8.61 Å². The molecule has 1 amide bonds. The van der Waals surface area contributed by atoms with Crippen molar-refractivity contribution in [3.63, 3.8) is 0 Å². The van der Waals surface area contributed by atoms with Crippen LogP contribution in [0.2, 0.25) is 0 Å². The van der Waals surface area contributed by atoms with E-state index in [-0.39, 0.29) is 6.54 Å². The second-order valence-corrected chi connectivity index (χ2v) is 9.09. The van der Waals surface area contributed by atoms with Crippen molar-refractivity contribution in [1.29, 1.82) is 0 Å². The first kappa shape index (κ1) is 17.4. The normalized spacial score (nSPS) is 29.2. The molecule has 0 aromatic heterocycles. The quantitative estimate of drug-likeness (QED) is 0.886. The minimum atomic E-state index is -3.72.